The van der Waals surface area contributed by atoms with E-state index in [0.717, 1.165) is 24.2 Å². The molecule has 1 aliphatic rings. The highest BCUT2D eigenvalue weighted by atomic mass is 32.2. The van der Waals surface area contributed by atoms with Gasteiger partial charge in [-0.05, 0) is 35.8 Å². The smallest absolute Gasteiger partial charge is 0.317 e. The minimum atomic E-state index is 0.0231. The normalized spacial score (nSPS) is 14.2. The van der Waals surface area contributed by atoms with Gasteiger partial charge < -0.3 is 15.3 Å². The number of urea groups is 1. The fourth-order valence-electron chi connectivity index (χ4n) is 2.11. The molecule has 1 aromatic rings. The van der Waals surface area contributed by atoms with E-state index in [0.29, 0.717) is 24.4 Å². The summed E-state index contributed by atoms with van der Waals surface area (Å²) in [5.41, 5.74) is 1.05. The van der Waals surface area contributed by atoms with Gasteiger partial charge in [0.05, 0.1) is 0 Å². The highest BCUT2D eigenvalue weighted by molar-refractivity contribution is 7.99. The number of amides is 2. The first-order valence-corrected chi connectivity index (χ1v) is 8.55. The summed E-state index contributed by atoms with van der Waals surface area (Å²) in [5, 5.41) is 12.9. The number of benzene rings is 1. The maximum absolute atomic E-state index is 12.3. The molecule has 1 aliphatic carbocycles. The lowest BCUT2D eigenvalue weighted by Gasteiger charge is -2.23. The zero-order valence-electron chi connectivity index (χ0n) is 12.7. The fourth-order valence-corrected chi connectivity index (χ4v) is 2.80. The van der Waals surface area contributed by atoms with E-state index in [1.54, 1.807) is 12.1 Å². The van der Waals surface area contributed by atoms with Crippen molar-refractivity contribution < 1.29 is 9.90 Å². The van der Waals surface area contributed by atoms with Gasteiger partial charge in [0.15, 0.2) is 0 Å². The molecule has 4 nitrogen and oxygen atoms in total. The van der Waals surface area contributed by atoms with Crippen molar-refractivity contribution in [3.8, 4) is 5.75 Å². The number of aromatic hydroxyl groups is 1. The molecule has 0 atom stereocenters. The largest absolute Gasteiger partial charge is 0.508 e. The highest BCUT2D eigenvalue weighted by Gasteiger charge is 2.32. The highest BCUT2D eigenvalue weighted by Crippen LogP contribution is 2.28. The SMILES string of the molecule is CC(C)SCCNC(=O)N(Cc1ccc(O)cc1)C1CC1. The van der Waals surface area contributed by atoms with Gasteiger partial charge in [0, 0.05) is 24.9 Å². The lowest BCUT2D eigenvalue weighted by Crippen LogP contribution is -2.41. The Morgan fingerprint density at radius 3 is 2.62 bits per heavy atom. The molecule has 0 heterocycles. The molecule has 1 fully saturated rings. The standard InChI is InChI=1S/C16H24N2O2S/c1-12(2)21-10-9-17-16(20)18(14-5-6-14)11-13-3-7-15(19)8-4-13/h3-4,7-8,12,14,19H,5-6,9-11H2,1-2H3,(H,17,20). The van der Waals surface area contributed by atoms with Crippen molar-refractivity contribution >= 4 is 17.8 Å². The Kier molecular flexibility index (Phi) is 5.79. The van der Waals surface area contributed by atoms with E-state index in [1.165, 1.54) is 0 Å². The molecule has 21 heavy (non-hydrogen) atoms. The van der Waals surface area contributed by atoms with Gasteiger partial charge in [0.25, 0.3) is 0 Å². The second-order valence-electron chi connectivity index (χ2n) is 5.68. The van der Waals surface area contributed by atoms with Gasteiger partial charge in [-0.1, -0.05) is 26.0 Å². The van der Waals surface area contributed by atoms with Gasteiger partial charge in [0.2, 0.25) is 0 Å². The number of hydrogen-bond donors (Lipinski definition) is 2. The summed E-state index contributed by atoms with van der Waals surface area (Å²) in [6.45, 7) is 5.64. The first-order chi connectivity index (χ1) is 10.1. The molecule has 0 spiro atoms. The van der Waals surface area contributed by atoms with Gasteiger partial charge in [-0.2, -0.15) is 11.8 Å². The molecule has 0 aliphatic heterocycles. The summed E-state index contributed by atoms with van der Waals surface area (Å²) in [4.78, 5) is 14.2. The van der Waals surface area contributed by atoms with E-state index in [2.05, 4.69) is 19.2 Å². The Hall–Kier alpha value is -1.36. The van der Waals surface area contributed by atoms with Crippen LogP contribution in [-0.2, 0) is 6.54 Å². The first-order valence-electron chi connectivity index (χ1n) is 7.50. The van der Waals surface area contributed by atoms with Gasteiger partial charge >= 0.3 is 6.03 Å². The molecule has 1 saturated carbocycles. The number of thioether (sulfide) groups is 1. The van der Waals surface area contributed by atoms with Crippen LogP contribution in [0, 0.1) is 0 Å². The van der Waals surface area contributed by atoms with Gasteiger partial charge in [-0.15, -0.1) is 0 Å². The number of phenolic OH excluding ortho intramolecular Hbond substituents is 1. The maximum Gasteiger partial charge on any atom is 0.317 e. The van der Waals surface area contributed by atoms with Crippen molar-refractivity contribution in [2.24, 2.45) is 0 Å². The third-order valence-corrected chi connectivity index (χ3v) is 4.47. The van der Waals surface area contributed by atoms with Crippen LogP contribution in [0.3, 0.4) is 0 Å². The van der Waals surface area contributed by atoms with Gasteiger partial charge in [-0.25, -0.2) is 4.79 Å². The molecule has 2 rings (SSSR count). The third-order valence-electron chi connectivity index (χ3n) is 3.37. The van der Waals surface area contributed by atoms with E-state index in [4.69, 9.17) is 0 Å². The van der Waals surface area contributed by atoms with Crippen molar-refractivity contribution in [1.29, 1.82) is 0 Å². The van der Waals surface area contributed by atoms with Gasteiger partial charge in [0.1, 0.15) is 5.75 Å². The number of carbonyl (C=O) groups excluding carboxylic acids is 1. The van der Waals surface area contributed by atoms with Crippen LogP contribution in [0.2, 0.25) is 0 Å². The average molecular weight is 308 g/mol. The Bertz CT molecular complexity index is 458. The number of nitrogens with one attached hydrogen (secondary N) is 1. The van der Waals surface area contributed by atoms with Crippen molar-refractivity contribution in [1.82, 2.24) is 10.2 Å². The lowest BCUT2D eigenvalue weighted by atomic mass is 10.2. The lowest BCUT2D eigenvalue weighted by molar-refractivity contribution is 0.192. The van der Waals surface area contributed by atoms with Crippen molar-refractivity contribution in [3.05, 3.63) is 29.8 Å². The topological polar surface area (TPSA) is 52.6 Å². The first kappa shape index (κ1) is 16.0. The van der Waals surface area contributed by atoms with Crippen LogP contribution in [-0.4, -0.2) is 39.6 Å². The molecule has 0 bridgehead atoms. The van der Waals surface area contributed by atoms with Gasteiger partial charge in [-0.3, -0.25) is 0 Å². The fraction of sp³-hybridized carbons (Fsp3) is 0.562. The van der Waals surface area contributed by atoms with E-state index in [-0.39, 0.29) is 11.8 Å². The Balaban J connectivity index is 1.83. The van der Waals surface area contributed by atoms with Crippen LogP contribution in [0.25, 0.3) is 0 Å². The second kappa shape index (κ2) is 7.59. The summed E-state index contributed by atoms with van der Waals surface area (Å²) in [5.74, 6) is 1.20. The summed E-state index contributed by atoms with van der Waals surface area (Å²) >= 11 is 1.85. The quantitative estimate of drug-likeness (QED) is 0.761. The van der Waals surface area contributed by atoms with Crippen LogP contribution in [0.1, 0.15) is 32.3 Å². The molecule has 2 amide bonds. The Morgan fingerprint density at radius 1 is 1.38 bits per heavy atom. The molecule has 116 valence electrons. The summed E-state index contributed by atoms with van der Waals surface area (Å²) in [7, 11) is 0. The molecule has 0 saturated heterocycles. The average Bonchev–Trinajstić information content (AvgIpc) is 3.27. The molecule has 0 radical (unpaired) electrons. The molecule has 1 aromatic carbocycles. The summed E-state index contributed by atoms with van der Waals surface area (Å²) < 4.78 is 0. The number of carbonyl (C=O) groups is 1. The number of hydrogen-bond acceptors (Lipinski definition) is 3. The van der Waals surface area contributed by atoms with E-state index >= 15 is 0 Å². The van der Waals surface area contributed by atoms with E-state index < -0.39 is 0 Å². The van der Waals surface area contributed by atoms with Crippen LogP contribution < -0.4 is 5.32 Å². The second-order valence-corrected chi connectivity index (χ2v) is 7.36. The third kappa shape index (κ3) is 5.50. The van der Waals surface area contributed by atoms with Crippen molar-refractivity contribution in [2.45, 2.75) is 44.5 Å². The van der Waals surface area contributed by atoms with Crippen LogP contribution in [0.4, 0.5) is 4.79 Å². The predicted octanol–water partition coefficient (Wildman–Crippen LogP) is 3.21. The Labute approximate surface area is 130 Å². The van der Waals surface area contributed by atoms with E-state index in [9.17, 15) is 9.90 Å². The number of phenols is 1. The molecular formula is C16H24N2O2S. The van der Waals surface area contributed by atoms with Crippen LogP contribution >= 0.6 is 11.8 Å². The summed E-state index contributed by atoms with van der Waals surface area (Å²) in [6.07, 6.45) is 2.18. The van der Waals surface area contributed by atoms with Crippen molar-refractivity contribution in [3.63, 3.8) is 0 Å². The van der Waals surface area contributed by atoms with Crippen LogP contribution in [0.15, 0.2) is 24.3 Å². The molecule has 0 unspecified atom stereocenters. The number of rotatable bonds is 7. The molecule has 5 heteroatoms. The zero-order chi connectivity index (χ0) is 15.2. The van der Waals surface area contributed by atoms with E-state index in [1.807, 2.05) is 28.8 Å². The maximum atomic E-state index is 12.3. The minimum absolute atomic E-state index is 0.0231. The predicted molar refractivity (Wildman–Crippen MR) is 87.7 cm³/mol. The Morgan fingerprint density at radius 2 is 2.05 bits per heavy atom. The molecule has 2 N–H and O–H groups in total. The number of nitrogens with zero attached hydrogens (tertiary/aromatic N) is 1. The van der Waals surface area contributed by atoms with Crippen molar-refractivity contribution in [2.75, 3.05) is 12.3 Å². The summed E-state index contributed by atoms with van der Waals surface area (Å²) in [6, 6.07) is 7.46. The molecular weight excluding hydrogens is 284 g/mol. The minimum Gasteiger partial charge on any atom is -0.508 e. The zero-order valence-corrected chi connectivity index (χ0v) is 13.5. The monoisotopic (exact) mass is 308 g/mol. The molecule has 0 aromatic heterocycles. The van der Waals surface area contributed by atoms with Crippen LogP contribution in [0.5, 0.6) is 5.75 Å².